The molecule has 0 aliphatic heterocycles. The van der Waals surface area contributed by atoms with Crippen LogP contribution in [0.2, 0.25) is 0 Å². The lowest BCUT2D eigenvalue weighted by molar-refractivity contribution is 0.534. The van der Waals surface area contributed by atoms with Crippen LogP contribution < -0.4 is 0 Å². The second kappa shape index (κ2) is 2.69. The van der Waals surface area contributed by atoms with Gasteiger partial charge < -0.3 is 4.42 Å². The Labute approximate surface area is 48.7 Å². The van der Waals surface area contributed by atoms with E-state index in [9.17, 15) is 0 Å². The first-order chi connectivity index (χ1) is 2.89. The fraction of sp³-hybridized carbons (Fsp3) is 0.200. The van der Waals surface area contributed by atoms with Gasteiger partial charge in [-0.2, -0.15) is 0 Å². The van der Waals surface area contributed by atoms with Crippen LogP contribution in [0, 0.1) is 6.92 Å². The average molecular weight is 119 g/mol. The summed E-state index contributed by atoms with van der Waals surface area (Å²) < 4.78 is 4.83. The van der Waals surface area contributed by atoms with Crippen LogP contribution in [0.15, 0.2) is 22.8 Å². The molecule has 0 spiro atoms. The van der Waals surface area contributed by atoms with Gasteiger partial charge in [-0.15, -0.1) is 12.4 Å². The summed E-state index contributed by atoms with van der Waals surface area (Å²) >= 11 is 0. The van der Waals surface area contributed by atoms with Crippen molar-refractivity contribution in [3.8, 4) is 0 Å². The molecule has 0 atom stereocenters. The van der Waals surface area contributed by atoms with Crippen LogP contribution >= 0.6 is 12.4 Å². The molecule has 2 heteroatoms. The topological polar surface area (TPSA) is 13.1 Å². The third-order valence-corrected chi connectivity index (χ3v) is 0.663. The van der Waals surface area contributed by atoms with E-state index in [4.69, 9.17) is 4.42 Å². The monoisotopic (exact) mass is 118 g/mol. The molecule has 0 aliphatic rings. The molecule has 0 radical (unpaired) electrons. The Balaban J connectivity index is 0.000000360. The number of aryl methyl sites for hydroxylation is 1. The molecule has 0 saturated carbocycles. The van der Waals surface area contributed by atoms with Crippen molar-refractivity contribution in [2.75, 3.05) is 0 Å². The molecule has 1 aromatic rings. The molecule has 1 heterocycles. The lowest BCUT2D eigenvalue weighted by Crippen LogP contribution is -1.48. The Morgan fingerprint density at radius 1 is 1.57 bits per heavy atom. The lowest BCUT2D eigenvalue weighted by Gasteiger charge is -1.69. The van der Waals surface area contributed by atoms with E-state index in [1.807, 2.05) is 19.1 Å². The van der Waals surface area contributed by atoms with Gasteiger partial charge in [0, 0.05) is 0 Å². The van der Waals surface area contributed by atoms with Gasteiger partial charge in [-0.05, 0) is 19.1 Å². The molecule has 7 heavy (non-hydrogen) atoms. The summed E-state index contributed by atoms with van der Waals surface area (Å²) in [5.41, 5.74) is 0. The molecule has 1 aromatic heterocycles. The molecule has 0 unspecified atom stereocenters. The molecular weight excluding hydrogens is 112 g/mol. The van der Waals surface area contributed by atoms with Gasteiger partial charge in [0.25, 0.3) is 0 Å². The van der Waals surface area contributed by atoms with Crippen LogP contribution in [0.25, 0.3) is 0 Å². The Kier molecular flexibility index (Phi) is 2.53. The normalized spacial score (nSPS) is 7.57. The van der Waals surface area contributed by atoms with Crippen molar-refractivity contribution in [3.05, 3.63) is 24.2 Å². The van der Waals surface area contributed by atoms with E-state index < -0.39 is 0 Å². The van der Waals surface area contributed by atoms with Crippen molar-refractivity contribution in [2.24, 2.45) is 0 Å². The lowest BCUT2D eigenvalue weighted by atomic mass is 10.5. The highest BCUT2D eigenvalue weighted by atomic mass is 35.5. The van der Waals surface area contributed by atoms with E-state index in [0.29, 0.717) is 0 Å². The standard InChI is InChI=1S/C5H6O.ClH/c1-5-3-2-4-6-5;/h2-4H,1H3;1H. The second-order valence-electron chi connectivity index (χ2n) is 1.22. The van der Waals surface area contributed by atoms with Crippen molar-refractivity contribution in [1.82, 2.24) is 0 Å². The van der Waals surface area contributed by atoms with Gasteiger partial charge in [-0.3, -0.25) is 0 Å². The quantitative estimate of drug-likeness (QED) is 0.508. The number of halogens is 1. The maximum absolute atomic E-state index is 4.83. The van der Waals surface area contributed by atoms with Crippen LogP contribution in [0.1, 0.15) is 5.76 Å². The minimum atomic E-state index is 0. The largest absolute Gasteiger partial charge is 0.470 e. The number of hydrogen-bond acceptors (Lipinski definition) is 1. The van der Waals surface area contributed by atoms with Crippen molar-refractivity contribution < 1.29 is 4.42 Å². The molecule has 0 aliphatic carbocycles. The molecule has 0 N–H and O–H groups in total. The molecule has 1 rings (SSSR count). The summed E-state index contributed by atoms with van der Waals surface area (Å²) in [4.78, 5) is 0. The van der Waals surface area contributed by atoms with Gasteiger partial charge in [0.05, 0.1) is 6.26 Å². The summed E-state index contributed by atoms with van der Waals surface area (Å²) in [5, 5.41) is 0. The zero-order chi connectivity index (χ0) is 4.41. The minimum absolute atomic E-state index is 0. The van der Waals surface area contributed by atoms with E-state index in [-0.39, 0.29) is 12.4 Å². The molecule has 0 bridgehead atoms. The SMILES string of the molecule is Cc1ccco1.Cl. The van der Waals surface area contributed by atoms with Crippen molar-refractivity contribution >= 4 is 12.4 Å². The van der Waals surface area contributed by atoms with E-state index in [1.54, 1.807) is 6.26 Å². The van der Waals surface area contributed by atoms with E-state index in [0.717, 1.165) is 5.76 Å². The second-order valence-corrected chi connectivity index (χ2v) is 1.22. The van der Waals surface area contributed by atoms with E-state index in [1.165, 1.54) is 0 Å². The molecule has 1 nitrogen and oxygen atoms in total. The summed E-state index contributed by atoms with van der Waals surface area (Å²) in [6, 6.07) is 3.79. The summed E-state index contributed by atoms with van der Waals surface area (Å²) in [7, 11) is 0. The minimum Gasteiger partial charge on any atom is -0.470 e. The third-order valence-electron chi connectivity index (χ3n) is 0.663. The highest BCUT2D eigenvalue weighted by Crippen LogP contribution is 1.93. The first kappa shape index (κ1) is 6.57. The van der Waals surface area contributed by atoms with E-state index >= 15 is 0 Å². The zero-order valence-corrected chi connectivity index (χ0v) is 4.87. The Hall–Kier alpha value is -0.430. The van der Waals surface area contributed by atoms with Crippen molar-refractivity contribution in [3.63, 3.8) is 0 Å². The highest BCUT2D eigenvalue weighted by Gasteiger charge is 1.75. The fourth-order valence-corrected chi connectivity index (χ4v) is 0.361. The third kappa shape index (κ3) is 1.64. The first-order valence-corrected chi connectivity index (χ1v) is 1.90. The van der Waals surface area contributed by atoms with Gasteiger partial charge in [-0.1, -0.05) is 0 Å². The molecule has 40 valence electrons. The average Bonchev–Trinajstić information content (AvgIpc) is 1.86. The van der Waals surface area contributed by atoms with Crippen LogP contribution in [-0.2, 0) is 0 Å². The van der Waals surface area contributed by atoms with Crippen LogP contribution in [0.4, 0.5) is 0 Å². The number of rotatable bonds is 0. The van der Waals surface area contributed by atoms with Gasteiger partial charge in [0.2, 0.25) is 0 Å². The molecule has 0 amide bonds. The van der Waals surface area contributed by atoms with Crippen LogP contribution in [0.5, 0.6) is 0 Å². The Morgan fingerprint density at radius 2 is 2.29 bits per heavy atom. The first-order valence-electron chi connectivity index (χ1n) is 1.90. The fourth-order valence-electron chi connectivity index (χ4n) is 0.361. The van der Waals surface area contributed by atoms with Gasteiger partial charge >= 0.3 is 0 Å². The summed E-state index contributed by atoms with van der Waals surface area (Å²) in [5.74, 6) is 0.968. The van der Waals surface area contributed by atoms with Crippen molar-refractivity contribution in [1.29, 1.82) is 0 Å². The number of furan rings is 1. The van der Waals surface area contributed by atoms with Crippen LogP contribution in [0.3, 0.4) is 0 Å². The maximum Gasteiger partial charge on any atom is 0.100 e. The molecular formula is C5H7ClO. The molecule has 0 aromatic carbocycles. The summed E-state index contributed by atoms with van der Waals surface area (Å²) in [6.45, 7) is 1.92. The van der Waals surface area contributed by atoms with Gasteiger partial charge in [-0.25, -0.2) is 0 Å². The van der Waals surface area contributed by atoms with Crippen LogP contribution in [-0.4, -0.2) is 0 Å². The van der Waals surface area contributed by atoms with E-state index in [2.05, 4.69) is 0 Å². The highest BCUT2D eigenvalue weighted by molar-refractivity contribution is 5.85. The predicted octanol–water partition coefficient (Wildman–Crippen LogP) is 2.01. The Bertz CT molecular complexity index is 112. The number of hydrogen-bond donors (Lipinski definition) is 0. The summed E-state index contributed by atoms with van der Waals surface area (Å²) in [6.07, 6.45) is 1.66. The molecule has 0 saturated heterocycles. The van der Waals surface area contributed by atoms with Crippen molar-refractivity contribution in [2.45, 2.75) is 6.92 Å². The van der Waals surface area contributed by atoms with Gasteiger partial charge in [0.1, 0.15) is 5.76 Å². The predicted molar refractivity (Wildman–Crippen MR) is 30.7 cm³/mol. The smallest absolute Gasteiger partial charge is 0.100 e. The van der Waals surface area contributed by atoms with Gasteiger partial charge in [0.15, 0.2) is 0 Å². The maximum atomic E-state index is 4.83. The molecule has 0 fully saturated rings. The Morgan fingerprint density at radius 3 is 2.43 bits per heavy atom. The zero-order valence-electron chi connectivity index (χ0n) is 4.05.